The van der Waals surface area contributed by atoms with Crippen LogP contribution in [0.1, 0.15) is 43.5 Å². The van der Waals surface area contributed by atoms with Crippen LogP contribution in [0.4, 0.5) is 18.9 Å². The van der Waals surface area contributed by atoms with Crippen molar-refractivity contribution in [3.63, 3.8) is 0 Å². The molecule has 2 aromatic carbocycles. The molecule has 0 saturated carbocycles. The second-order valence-electron chi connectivity index (χ2n) is 7.11. The van der Waals surface area contributed by atoms with Crippen LogP contribution in [-0.2, 0) is 27.4 Å². The van der Waals surface area contributed by atoms with Gasteiger partial charge in [0.15, 0.2) is 0 Å². The molecular formula is C21H25F3N2O3S. The maximum atomic E-state index is 13.1. The van der Waals surface area contributed by atoms with E-state index in [0.717, 1.165) is 42.0 Å². The highest BCUT2D eigenvalue weighted by molar-refractivity contribution is 7.92. The fraction of sp³-hybridized carbons (Fsp3) is 0.381. The van der Waals surface area contributed by atoms with Crippen LogP contribution in [0.25, 0.3) is 0 Å². The molecule has 2 aromatic rings. The van der Waals surface area contributed by atoms with Gasteiger partial charge in [-0.2, -0.15) is 13.2 Å². The van der Waals surface area contributed by atoms with Crippen LogP contribution in [0.5, 0.6) is 0 Å². The van der Waals surface area contributed by atoms with Gasteiger partial charge < -0.3 is 5.32 Å². The molecule has 0 fully saturated rings. The lowest BCUT2D eigenvalue weighted by atomic mass is 10.0. The molecule has 164 valence electrons. The zero-order valence-corrected chi connectivity index (χ0v) is 18.0. The number of aryl methyl sites for hydroxylation is 1. The van der Waals surface area contributed by atoms with Crippen LogP contribution >= 0.6 is 0 Å². The summed E-state index contributed by atoms with van der Waals surface area (Å²) >= 11 is 0. The first-order valence-corrected chi connectivity index (χ1v) is 11.2. The van der Waals surface area contributed by atoms with E-state index in [0.29, 0.717) is 4.31 Å². The van der Waals surface area contributed by atoms with Crippen LogP contribution in [0.2, 0.25) is 0 Å². The van der Waals surface area contributed by atoms with Crippen LogP contribution in [0.3, 0.4) is 0 Å². The molecule has 2 atom stereocenters. The van der Waals surface area contributed by atoms with Gasteiger partial charge in [-0.3, -0.25) is 9.10 Å². The summed E-state index contributed by atoms with van der Waals surface area (Å²) in [5, 5.41) is 2.73. The molecule has 2 rings (SSSR count). The summed E-state index contributed by atoms with van der Waals surface area (Å²) in [6.45, 7) is 5.11. The predicted octanol–water partition coefficient (Wildman–Crippen LogP) is 4.30. The number of hydrogen-bond acceptors (Lipinski definition) is 3. The molecule has 0 bridgehead atoms. The summed E-state index contributed by atoms with van der Waals surface area (Å²) in [4.78, 5) is 12.8. The summed E-state index contributed by atoms with van der Waals surface area (Å²) in [5.74, 6) is -0.620. The van der Waals surface area contributed by atoms with E-state index < -0.39 is 39.8 Å². The molecule has 0 spiro atoms. The molecule has 0 radical (unpaired) electrons. The highest BCUT2D eigenvalue weighted by Crippen LogP contribution is 2.33. The molecule has 0 aliphatic rings. The van der Waals surface area contributed by atoms with Crippen molar-refractivity contribution in [3.8, 4) is 0 Å². The standard InChI is InChI=1S/C21H25F3N2O3S/c1-5-16-9-11-17(12-10-16)14(2)25-20(27)15(3)26(30(4,28)29)19-8-6-7-18(13-19)21(22,23)24/h6-15H,5H2,1-4H3,(H,25,27)/t14-,15+/m1/s1. The van der Waals surface area contributed by atoms with Crippen molar-refractivity contribution in [1.82, 2.24) is 5.32 Å². The molecule has 1 amide bonds. The van der Waals surface area contributed by atoms with Gasteiger partial charge in [0.25, 0.3) is 0 Å². The Kier molecular flexibility index (Phi) is 7.18. The van der Waals surface area contributed by atoms with Crippen molar-refractivity contribution >= 4 is 21.6 Å². The number of halogens is 3. The largest absolute Gasteiger partial charge is 0.416 e. The quantitative estimate of drug-likeness (QED) is 0.695. The summed E-state index contributed by atoms with van der Waals surface area (Å²) in [6.07, 6.45) is -2.91. The first-order valence-electron chi connectivity index (χ1n) is 9.40. The average molecular weight is 443 g/mol. The lowest BCUT2D eigenvalue weighted by molar-refractivity contribution is -0.137. The molecule has 0 saturated heterocycles. The molecule has 0 heterocycles. The number of rotatable bonds is 7. The third-order valence-electron chi connectivity index (χ3n) is 4.76. The number of carbonyl (C=O) groups is 1. The average Bonchev–Trinajstić information content (AvgIpc) is 2.66. The summed E-state index contributed by atoms with van der Waals surface area (Å²) in [7, 11) is -4.03. The van der Waals surface area contributed by atoms with E-state index in [9.17, 15) is 26.4 Å². The smallest absolute Gasteiger partial charge is 0.348 e. The van der Waals surface area contributed by atoms with E-state index in [1.807, 2.05) is 31.2 Å². The maximum absolute atomic E-state index is 13.1. The lowest BCUT2D eigenvalue weighted by Crippen LogP contribution is -2.48. The Morgan fingerprint density at radius 3 is 2.20 bits per heavy atom. The van der Waals surface area contributed by atoms with Gasteiger partial charge in [-0.1, -0.05) is 37.3 Å². The summed E-state index contributed by atoms with van der Waals surface area (Å²) < 4.78 is 64.5. The zero-order chi connectivity index (χ0) is 22.7. The number of sulfonamides is 1. The number of alkyl halides is 3. The fourth-order valence-electron chi connectivity index (χ4n) is 3.09. The Balaban J connectivity index is 2.28. The Bertz CT molecular complexity index is 989. The minimum atomic E-state index is -4.64. The van der Waals surface area contributed by atoms with E-state index in [2.05, 4.69) is 5.32 Å². The predicted molar refractivity (Wildman–Crippen MR) is 111 cm³/mol. The second-order valence-corrected chi connectivity index (χ2v) is 8.97. The SMILES string of the molecule is CCc1ccc([C@@H](C)NC(=O)[C@H](C)N(c2cccc(C(F)(F)F)c2)S(C)(=O)=O)cc1. The Labute approximate surface area is 175 Å². The number of hydrogen-bond donors (Lipinski definition) is 1. The normalized spacial score (nSPS) is 14.1. The van der Waals surface area contributed by atoms with Crippen molar-refractivity contribution < 1.29 is 26.4 Å². The van der Waals surface area contributed by atoms with Gasteiger partial charge in [0.1, 0.15) is 6.04 Å². The van der Waals surface area contributed by atoms with E-state index in [1.165, 1.54) is 13.0 Å². The van der Waals surface area contributed by atoms with E-state index >= 15 is 0 Å². The Morgan fingerprint density at radius 1 is 1.10 bits per heavy atom. The highest BCUT2D eigenvalue weighted by Gasteiger charge is 2.34. The van der Waals surface area contributed by atoms with Gasteiger partial charge in [-0.15, -0.1) is 0 Å². The topological polar surface area (TPSA) is 66.5 Å². The monoisotopic (exact) mass is 442 g/mol. The number of anilines is 1. The fourth-order valence-corrected chi connectivity index (χ4v) is 4.25. The molecule has 9 heteroatoms. The van der Waals surface area contributed by atoms with Crippen molar-refractivity contribution in [3.05, 3.63) is 65.2 Å². The number of carbonyl (C=O) groups excluding carboxylic acids is 1. The Morgan fingerprint density at radius 2 is 1.70 bits per heavy atom. The number of benzene rings is 2. The van der Waals surface area contributed by atoms with Crippen molar-refractivity contribution in [2.75, 3.05) is 10.6 Å². The van der Waals surface area contributed by atoms with E-state index in [-0.39, 0.29) is 5.69 Å². The summed E-state index contributed by atoms with van der Waals surface area (Å²) in [5.41, 5.74) is 0.747. The first-order chi connectivity index (χ1) is 13.8. The molecule has 0 unspecified atom stereocenters. The van der Waals surface area contributed by atoms with Gasteiger partial charge in [0.05, 0.1) is 23.5 Å². The van der Waals surface area contributed by atoms with Crippen molar-refractivity contribution in [2.45, 2.75) is 45.5 Å². The number of nitrogens with zero attached hydrogens (tertiary/aromatic N) is 1. The second kappa shape index (κ2) is 9.07. The molecule has 0 aromatic heterocycles. The van der Waals surface area contributed by atoms with E-state index in [1.54, 1.807) is 6.92 Å². The minimum Gasteiger partial charge on any atom is -0.348 e. The number of nitrogens with one attached hydrogen (secondary N) is 1. The summed E-state index contributed by atoms with van der Waals surface area (Å²) in [6, 6.07) is 9.86. The van der Waals surface area contributed by atoms with Crippen molar-refractivity contribution in [2.24, 2.45) is 0 Å². The van der Waals surface area contributed by atoms with Crippen LogP contribution in [0, 0.1) is 0 Å². The Hall–Kier alpha value is -2.55. The highest BCUT2D eigenvalue weighted by atomic mass is 32.2. The van der Waals surface area contributed by atoms with Crippen molar-refractivity contribution in [1.29, 1.82) is 0 Å². The van der Waals surface area contributed by atoms with E-state index in [4.69, 9.17) is 0 Å². The third kappa shape index (κ3) is 5.75. The molecule has 30 heavy (non-hydrogen) atoms. The molecule has 0 aliphatic heterocycles. The molecule has 0 aliphatic carbocycles. The molecule has 1 N–H and O–H groups in total. The number of amides is 1. The van der Waals surface area contributed by atoms with Crippen LogP contribution in [-0.4, -0.2) is 26.6 Å². The lowest BCUT2D eigenvalue weighted by Gasteiger charge is -2.29. The molecule has 5 nitrogen and oxygen atoms in total. The molecular weight excluding hydrogens is 417 g/mol. The third-order valence-corrected chi connectivity index (χ3v) is 6.00. The van der Waals surface area contributed by atoms with Gasteiger partial charge >= 0.3 is 6.18 Å². The van der Waals surface area contributed by atoms with Gasteiger partial charge in [0.2, 0.25) is 15.9 Å². The van der Waals surface area contributed by atoms with Gasteiger partial charge in [0, 0.05) is 0 Å². The van der Waals surface area contributed by atoms with Crippen LogP contribution in [0.15, 0.2) is 48.5 Å². The first kappa shape index (κ1) is 23.7. The maximum Gasteiger partial charge on any atom is 0.416 e. The van der Waals surface area contributed by atoms with Gasteiger partial charge in [-0.25, -0.2) is 8.42 Å². The van der Waals surface area contributed by atoms with Crippen LogP contribution < -0.4 is 9.62 Å². The minimum absolute atomic E-state index is 0.227. The zero-order valence-electron chi connectivity index (χ0n) is 17.2. The van der Waals surface area contributed by atoms with Gasteiger partial charge in [-0.05, 0) is 49.6 Å².